The lowest BCUT2D eigenvalue weighted by Gasteiger charge is -2.15. The van der Waals surface area contributed by atoms with Crippen LogP contribution in [0.2, 0.25) is 0 Å². The quantitative estimate of drug-likeness (QED) is 0.107. The summed E-state index contributed by atoms with van der Waals surface area (Å²) < 4.78 is 35.8. The normalized spacial score (nSPS) is 11.4. The van der Waals surface area contributed by atoms with E-state index in [1.165, 1.54) is 22.3 Å². The molecule has 0 aromatic heterocycles. The molecule has 0 heterocycles. The summed E-state index contributed by atoms with van der Waals surface area (Å²) in [5, 5.41) is 2.00. The molecule has 0 aliphatic heterocycles. The van der Waals surface area contributed by atoms with E-state index in [0.717, 1.165) is 33.8 Å². The summed E-state index contributed by atoms with van der Waals surface area (Å²) in [6.07, 6.45) is 0. The van der Waals surface area contributed by atoms with Crippen molar-refractivity contribution in [2.24, 2.45) is 0 Å². The molecule has 6 nitrogen and oxygen atoms in total. The second-order valence-corrected chi connectivity index (χ2v) is 11.6. The molecule has 4 aromatic rings. The van der Waals surface area contributed by atoms with Crippen LogP contribution < -0.4 is 18.9 Å². The van der Waals surface area contributed by atoms with Crippen LogP contribution in [0.25, 0.3) is 10.8 Å². The minimum absolute atomic E-state index is 0.410. The molecule has 0 aliphatic carbocycles. The molecule has 44 heavy (non-hydrogen) atoms. The number of aryl methyl sites for hydroxylation is 2. The lowest BCUT2D eigenvalue weighted by atomic mass is 10.0. The van der Waals surface area contributed by atoms with Crippen LogP contribution in [0.3, 0.4) is 0 Å². The van der Waals surface area contributed by atoms with Gasteiger partial charge in [-0.05, 0) is 72.2 Å². The van der Waals surface area contributed by atoms with Gasteiger partial charge >= 0.3 is 0 Å². The van der Waals surface area contributed by atoms with Crippen LogP contribution in [0.5, 0.6) is 23.0 Å². The Balaban J connectivity index is 1.16. The van der Waals surface area contributed by atoms with Crippen LogP contribution >= 0.6 is 0 Å². The molecule has 0 aliphatic rings. The maximum Gasteiger partial charge on any atom is 0.127 e. The number of hydrogen-bond donors (Lipinski definition) is 0. The zero-order valence-electron chi connectivity index (χ0n) is 27.2. The summed E-state index contributed by atoms with van der Waals surface area (Å²) in [6, 6.07) is 24.7. The summed E-state index contributed by atoms with van der Waals surface area (Å²) in [5.41, 5.74) is 4.81. The first-order valence-electron chi connectivity index (χ1n) is 15.7. The smallest absolute Gasteiger partial charge is 0.127 e. The maximum absolute atomic E-state index is 6.08. The Morgan fingerprint density at radius 1 is 0.432 bits per heavy atom. The number of ether oxygens (including phenoxy) is 6. The number of rotatable bonds is 18. The van der Waals surface area contributed by atoms with E-state index in [-0.39, 0.29) is 0 Å². The lowest BCUT2D eigenvalue weighted by Crippen LogP contribution is -2.13. The van der Waals surface area contributed by atoms with Gasteiger partial charge in [0.25, 0.3) is 0 Å². The molecule has 236 valence electrons. The fourth-order valence-corrected chi connectivity index (χ4v) is 5.04. The van der Waals surface area contributed by atoms with Gasteiger partial charge in [-0.15, -0.1) is 0 Å². The SMILES string of the molecule is Cc1ccc(C(C)C)c(OCCOCCOc2cccc3c(OCCOCCOc4cc(C)ccc4C(C)C)cccc23)c1. The van der Waals surface area contributed by atoms with Crippen molar-refractivity contribution in [1.82, 2.24) is 0 Å². The van der Waals surface area contributed by atoms with E-state index in [1.807, 2.05) is 36.4 Å². The van der Waals surface area contributed by atoms with Gasteiger partial charge in [0.15, 0.2) is 0 Å². The van der Waals surface area contributed by atoms with Gasteiger partial charge in [0.2, 0.25) is 0 Å². The summed E-state index contributed by atoms with van der Waals surface area (Å²) in [6.45, 7) is 16.7. The summed E-state index contributed by atoms with van der Waals surface area (Å²) >= 11 is 0. The number of hydrogen-bond acceptors (Lipinski definition) is 6. The average Bonchev–Trinajstić information content (AvgIpc) is 3.00. The van der Waals surface area contributed by atoms with Crippen molar-refractivity contribution in [3.8, 4) is 23.0 Å². The standard InChI is InChI=1S/C38H48O6/c1-27(2)31-15-13-29(5)25-37(31)43-23-19-39-17-21-41-35-11-7-10-34-33(35)9-8-12-36(34)42-22-18-40-20-24-44-38-26-30(6)14-16-32(38)28(3)4/h7-16,25-28H,17-24H2,1-6H3. The molecule has 0 atom stereocenters. The van der Waals surface area contributed by atoms with E-state index in [2.05, 4.69) is 77.9 Å². The first kappa shape index (κ1) is 33.2. The summed E-state index contributed by atoms with van der Waals surface area (Å²) in [5.74, 6) is 4.31. The van der Waals surface area contributed by atoms with E-state index < -0.39 is 0 Å². The summed E-state index contributed by atoms with van der Waals surface area (Å²) in [7, 11) is 0. The van der Waals surface area contributed by atoms with Crippen molar-refractivity contribution < 1.29 is 28.4 Å². The van der Waals surface area contributed by atoms with Crippen LogP contribution in [0, 0.1) is 13.8 Å². The topological polar surface area (TPSA) is 55.4 Å². The fraction of sp³-hybridized carbons (Fsp3) is 0.421. The Hall–Kier alpha value is -3.74. The molecule has 0 radical (unpaired) electrons. The van der Waals surface area contributed by atoms with Gasteiger partial charge in [0.05, 0.1) is 26.4 Å². The van der Waals surface area contributed by atoms with Crippen molar-refractivity contribution in [3.05, 3.63) is 95.1 Å². The molecule has 0 bridgehead atoms. The molecule has 4 aromatic carbocycles. The van der Waals surface area contributed by atoms with Crippen LogP contribution in [0.1, 0.15) is 61.8 Å². The molecule has 0 spiro atoms. The van der Waals surface area contributed by atoms with Gasteiger partial charge in [-0.25, -0.2) is 0 Å². The van der Waals surface area contributed by atoms with Crippen molar-refractivity contribution in [3.63, 3.8) is 0 Å². The highest BCUT2D eigenvalue weighted by atomic mass is 16.6. The number of fused-ring (bicyclic) bond motifs is 1. The highest BCUT2D eigenvalue weighted by Crippen LogP contribution is 2.32. The van der Waals surface area contributed by atoms with Crippen molar-refractivity contribution in [1.29, 1.82) is 0 Å². The van der Waals surface area contributed by atoms with Gasteiger partial charge in [-0.2, -0.15) is 0 Å². The summed E-state index contributed by atoms with van der Waals surface area (Å²) in [4.78, 5) is 0. The van der Waals surface area contributed by atoms with E-state index in [0.29, 0.717) is 64.7 Å². The zero-order valence-corrected chi connectivity index (χ0v) is 27.2. The van der Waals surface area contributed by atoms with Gasteiger partial charge in [0.1, 0.15) is 49.4 Å². The fourth-order valence-electron chi connectivity index (χ4n) is 5.04. The lowest BCUT2D eigenvalue weighted by molar-refractivity contribution is 0.0762. The van der Waals surface area contributed by atoms with Crippen LogP contribution in [-0.4, -0.2) is 52.9 Å². The molecule has 0 saturated carbocycles. The van der Waals surface area contributed by atoms with Crippen molar-refractivity contribution in [2.75, 3.05) is 52.9 Å². The molecule has 0 amide bonds. The van der Waals surface area contributed by atoms with Gasteiger partial charge in [0, 0.05) is 10.8 Å². The number of benzene rings is 4. The predicted molar refractivity (Wildman–Crippen MR) is 178 cm³/mol. The maximum atomic E-state index is 6.08. The third-order valence-electron chi connectivity index (χ3n) is 7.37. The Morgan fingerprint density at radius 3 is 1.16 bits per heavy atom. The second-order valence-electron chi connectivity index (χ2n) is 11.6. The largest absolute Gasteiger partial charge is 0.491 e. The Morgan fingerprint density at radius 2 is 0.795 bits per heavy atom. The molecule has 0 fully saturated rings. The minimum Gasteiger partial charge on any atom is -0.491 e. The Labute approximate surface area is 263 Å². The van der Waals surface area contributed by atoms with E-state index in [9.17, 15) is 0 Å². The highest BCUT2D eigenvalue weighted by molar-refractivity contribution is 5.93. The van der Waals surface area contributed by atoms with Gasteiger partial charge < -0.3 is 28.4 Å². The molecule has 6 heteroatoms. The monoisotopic (exact) mass is 600 g/mol. The molecule has 4 rings (SSSR count). The van der Waals surface area contributed by atoms with E-state index in [4.69, 9.17) is 28.4 Å². The zero-order chi connectivity index (χ0) is 31.3. The highest BCUT2D eigenvalue weighted by Gasteiger charge is 2.10. The molecule has 0 saturated heterocycles. The molecular weight excluding hydrogens is 552 g/mol. The first-order chi connectivity index (χ1) is 21.3. The average molecular weight is 601 g/mol. The van der Waals surface area contributed by atoms with E-state index in [1.54, 1.807) is 0 Å². The van der Waals surface area contributed by atoms with Crippen LogP contribution in [0.15, 0.2) is 72.8 Å². The predicted octanol–water partition coefficient (Wildman–Crippen LogP) is 8.65. The third kappa shape index (κ3) is 9.63. The third-order valence-corrected chi connectivity index (χ3v) is 7.37. The van der Waals surface area contributed by atoms with E-state index >= 15 is 0 Å². The second kappa shape index (κ2) is 16.9. The molecular formula is C38H48O6. The van der Waals surface area contributed by atoms with Crippen molar-refractivity contribution >= 4 is 10.8 Å². The van der Waals surface area contributed by atoms with Crippen LogP contribution in [-0.2, 0) is 9.47 Å². The van der Waals surface area contributed by atoms with Crippen LogP contribution in [0.4, 0.5) is 0 Å². The Bertz CT molecular complexity index is 1350. The van der Waals surface area contributed by atoms with Crippen molar-refractivity contribution in [2.45, 2.75) is 53.4 Å². The minimum atomic E-state index is 0.410. The first-order valence-corrected chi connectivity index (χ1v) is 15.7. The molecule has 0 unspecified atom stereocenters. The molecule has 0 N–H and O–H groups in total. The van der Waals surface area contributed by atoms with Gasteiger partial charge in [-0.1, -0.05) is 76.2 Å². The Kier molecular flexibility index (Phi) is 12.8. The van der Waals surface area contributed by atoms with Gasteiger partial charge in [-0.3, -0.25) is 0 Å².